The first kappa shape index (κ1) is 19.7. The molecule has 1 N–H and O–H groups in total. The molecule has 0 bridgehead atoms. The Morgan fingerprint density at radius 3 is 2.45 bits per heavy atom. The van der Waals surface area contributed by atoms with Crippen molar-refractivity contribution in [1.29, 1.82) is 0 Å². The van der Waals surface area contributed by atoms with Gasteiger partial charge in [0.2, 0.25) is 5.91 Å². The Bertz CT molecular complexity index is 891. The number of amides is 3. The van der Waals surface area contributed by atoms with Crippen LogP contribution in [0.2, 0.25) is 0 Å². The van der Waals surface area contributed by atoms with Crippen LogP contribution in [-0.4, -0.2) is 33.7 Å². The van der Waals surface area contributed by atoms with Crippen LogP contribution in [0, 0.1) is 0 Å². The highest BCUT2D eigenvalue weighted by Gasteiger charge is 2.30. The average molecular weight is 409 g/mol. The maximum Gasteiger partial charge on any atom is 0.289 e. The van der Waals surface area contributed by atoms with E-state index in [1.54, 1.807) is 18.2 Å². The zero-order chi connectivity index (χ0) is 20.2. The molecule has 1 aliphatic heterocycles. The van der Waals surface area contributed by atoms with E-state index in [0.717, 1.165) is 43.0 Å². The molecule has 6 heteroatoms. The quantitative estimate of drug-likeness (QED) is 0.799. The molecule has 2 aliphatic rings. The summed E-state index contributed by atoms with van der Waals surface area (Å²) in [6.45, 7) is 0.216. The Labute approximate surface area is 174 Å². The fourth-order valence-corrected chi connectivity index (χ4v) is 4.82. The Morgan fingerprint density at radius 1 is 1.00 bits per heavy atom. The van der Waals surface area contributed by atoms with Crippen LogP contribution in [0.25, 0.3) is 0 Å². The maximum atomic E-state index is 12.7. The van der Waals surface area contributed by atoms with E-state index in [2.05, 4.69) is 29.6 Å². The largest absolute Gasteiger partial charge is 0.349 e. The smallest absolute Gasteiger partial charge is 0.289 e. The van der Waals surface area contributed by atoms with Gasteiger partial charge in [0.25, 0.3) is 11.1 Å². The van der Waals surface area contributed by atoms with Crippen molar-refractivity contribution in [2.75, 3.05) is 5.75 Å². The normalized spacial score (nSPS) is 22.0. The van der Waals surface area contributed by atoms with Crippen LogP contribution in [0.5, 0.6) is 0 Å². The van der Waals surface area contributed by atoms with Gasteiger partial charge >= 0.3 is 0 Å². The van der Waals surface area contributed by atoms with Gasteiger partial charge < -0.3 is 5.32 Å². The second-order valence-electron chi connectivity index (χ2n) is 7.67. The summed E-state index contributed by atoms with van der Waals surface area (Å²) in [5.41, 5.74) is 2.74. The molecule has 3 amide bonds. The highest BCUT2D eigenvalue weighted by molar-refractivity contribution is 8.14. The lowest BCUT2D eigenvalue weighted by atomic mass is 9.82. The number of nitrogens with one attached hydrogen (secondary N) is 1. The lowest BCUT2D eigenvalue weighted by Gasteiger charge is -2.29. The molecule has 2 fully saturated rings. The standard InChI is InChI=1S/C23H24N2O3S/c26-21-15-29-23(28)25(21)14-16-5-4-8-19(13-16)22(27)24-20-11-9-18(10-12-20)17-6-2-1-3-7-17/h1-8,13,18,20H,9-12,14-15H2,(H,24,27). The van der Waals surface area contributed by atoms with Gasteiger partial charge in [-0.25, -0.2) is 0 Å². The van der Waals surface area contributed by atoms with E-state index in [1.807, 2.05) is 12.1 Å². The van der Waals surface area contributed by atoms with Gasteiger partial charge in [-0.1, -0.05) is 54.2 Å². The second kappa shape index (κ2) is 8.82. The van der Waals surface area contributed by atoms with E-state index < -0.39 is 0 Å². The molecule has 0 aromatic heterocycles. The van der Waals surface area contributed by atoms with Gasteiger partial charge in [0.05, 0.1) is 12.3 Å². The summed E-state index contributed by atoms with van der Waals surface area (Å²) in [4.78, 5) is 37.6. The van der Waals surface area contributed by atoms with Gasteiger partial charge in [-0.05, 0) is 54.9 Å². The molecule has 1 saturated carbocycles. The van der Waals surface area contributed by atoms with E-state index in [0.29, 0.717) is 11.5 Å². The lowest BCUT2D eigenvalue weighted by molar-refractivity contribution is -0.125. The highest BCUT2D eigenvalue weighted by Crippen LogP contribution is 2.32. The minimum Gasteiger partial charge on any atom is -0.349 e. The van der Waals surface area contributed by atoms with Crippen LogP contribution in [0.3, 0.4) is 0 Å². The number of benzene rings is 2. The summed E-state index contributed by atoms with van der Waals surface area (Å²) in [5, 5.41) is 2.93. The van der Waals surface area contributed by atoms with Crippen molar-refractivity contribution in [3.8, 4) is 0 Å². The van der Waals surface area contributed by atoms with E-state index in [4.69, 9.17) is 0 Å². The van der Waals surface area contributed by atoms with Gasteiger partial charge in [0, 0.05) is 11.6 Å². The summed E-state index contributed by atoms with van der Waals surface area (Å²) in [6.07, 6.45) is 4.09. The van der Waals surface area contributed by atoms with Gasteiger partial charge in [0.15, 0.2) is 0 Å². The third kappa shape index (κ3) is 4.70. The van der Waals surface area contributed by atoms with Crippen LogP contribution in [0.1, 0.15) is 53.1 Å². The zero-order valence-corrected chi connectivity index (χ0v) is 17.0. The summed E-state index contributed by atoms with van der Waals surface area (Å²) in [6, 6.07) is 17.9. The van der Waals surface area contributed by atoms with E-state index in [1.165, 1.54) is 10.5 Å². The molecule has 1 aliphatic carbocycles. The zero-order valence-electron chi connectivity index (χ0n) is 16.2. The molecule has 29 heavy (non-hydrogen) atoms. The minimum absolute atomic E-state index is 0.0940. The molecule has 4 rings (SSSR count). The highest BCUT2D eigenvalue weighted by atomic mass is 32.2. The molecule has 5 nitrogen and oxygen atoms in total. The van der Waals surface area contributed by atoms with Gasteiger partial charge in [-0.3, -0.25) is 19.3 Å². The van der Waals surface area contributed by atoms with Crippen molar-refractivity contribution < 1.29 is 14.4 Å². The molecule has 2 aromatic rings. The third-order valence-electron chi connectivity index (χ3n) is 5.70. The Hall–Kier alpha value is -2.60. The number of hydrogen-bond donors (Lipinski definition) is 1. The molecule has 0 radical (unpaired) electrons. The summed E-state index contributed by atoms with van der Waals surface area (Å²) in [7, 11) is 0. The summed E-state index contributed by atoms with van der Waals surface area (Å²) < 4.78 is 0. The van der Waals surface area contributed by atoms with Crippen LogP contribution < -0.4 is 5.32 Å². The molecule has 0 spiro atoms. The molecule has 2 aromatic carbocycles. The number of rotatable bonds is 5. The number of nitrogens with zero attached hydrogens (tertiary/aromatic N) is 1. The van der Waals surface area contributed by atoms with Crippen molar-refractivity contribution in [2.45, 2.75) is 44.2 Å². The first-order valence-electron chi connectivity index (χ1n) is 10.0. The molecule has 0 unspecified atom stereocenters. The van der Waals surface area contributed by atoms with Crippen molar-refractivity contribution in [2.24, 2.45) is 0 Å². The lowest BCUT2D eigenvalue weighted by Crippen LogP contribution is -2.37. The maximum absolute atomic E-state index is 12.7. The van der Waals surface area contributed by atoms with E-state index in [-0.39, 0.29) is 35.4 Å². The molecular formula is C23H24N2O3S. The van der Waals surface area contributed by atoms with Gasteiger partial charge in [0.1, 0.15) is 0 Å². The fourth-order valence-electron chi connectivity index (χ4n) is 4.09. The third-order valence-corrected chi connectivity index (χ3v) is 6.56. The van der Waals surface area contributed by atoms with E-state index in [9.17, 15) is 14.4 Å². The van der Waals surface area contributed by atoms with Crippen LogP contribution in [-0.2, 0) is 11.3 Å². The Morgan fingerprint density at radius 2 is 1.76 bits per heavy atom. The van der Waals surface area contributed by atoms with Gasteiger partial charge in [-0.15, -0.1) is 0 Å². The minimum atomic E-state index is -0.222. The number of hydrogen-bond acceptors (Lipinski definition) is 4. The van der Waals surface area contributed by atoms with E-state index >= 15 is 0 Å². The number of carbonyl (C=O) groups is 3. The first-order valence-corrected chi connectivity index (χ1v) is 11.0. The van der Waals surface area contributed by atoms with Gasteiger partial charge in [-0.2, -0.15) is 0 Å². The van der Waals surface area contributed by atoms with Crippen molar-refractivity contribution in [3.05, 3.63) is 71.3 Å². The molecule has 150 valence electrons. The van der Waals surface area contributed by atoms with Crippen LogP contribution in [0.15, 0.2) is 54.6 Å². The topological polar surface area (TPSA) is 66.5 Å². The van der Waals surface area contributed by atoms with Crippen molar-refractivity contribution in [1.82, 2.24) is 10.2 Å². The predicted molar refractivity (Wildman–Crippen MR) is 114 cm³/mol. The van der Waals surface area contributed by atoms with Crippen LogP contribution >= 0.6 is 11.8 Å². The Kier molecular flexibility index (Phi) is 6.00. The fraction of sp³-hybridized carbons (Fsp3) is 0.348. The Balaban J connectivity index is 1.33. The molecule has 0 atom stereocenters. The number of carbonyl (C=O) groups excluding carboxylic acids is 3. The predicted octanol–water partition coefficient (Wildman–Crippen LogP) is 4.34. The van der Waals surface area contributed by atoms with Crippen molar-refractivity contribution in [3.63, 3.8) is 0 Å². The van der Waals surface area contributed by atoms with Crippen LogP contribution in [0.4, 0.5) is 4.79 Å². The SMILES string of the molecule is O=C(NC1CCC(c2ccccc2)CC1)c1cccc(CN2C(=O)CSC2=O)c1. The monoisotopic (exact) mass is 408 g/mol. The average Bonchev–Trinajstić information content (AvgIpc) is 3.07. The first-order chi connectivity index (χ1) is 14.1. The summed E-state index contributed by atoms with van der Waals surface area (Å²) in [5.74, 6) is 0.500. The number of thioether (sulfide) groups is 1. The molecular weight excluding hydrogens is 384 g/mol. The molecule has 1 saturated heterocycles. The second-order valence-corrected chi connectivity index (χ2v) is 8.59. The number of imide groups is 1. The molecule has 1 heterocycles. The summed E-state index contributed by atoms with van der Waals surface area (Å²) >= 11 is 1.02. The van der Waals surface area contributed by atoms with Crippen molar-refractivity contribution >= 4 is 28.8 Å².